The number of nitrogens with one attached hydrogen (secondary N) is 1. The number of thiophene rings is 1. The molecule has 1 saturated heterocycles. The fourth-order valence-corrected chi connectivity index (χ4v) is 2.94. The summed E-state index contributed by atoms with van der Waals surface area (Å²) in [5.41, 5.74) is 0. The van der Waals surface area contributed by atoms with Crippen molar-refractivity contribution in [1.29, 1.82) is 0 Å². The Morgan fingerprint density at radius 3 is 3.07 bits per heavy atom. The highest BCUT2D eigenvalue weighted by molar-refractivity contribution is 7.16. The van der Waals surface area contributed by atoms with Crippen molar-refractivity contribution in [3.63, 3.8) is 0 Å². The van der Waals surface area contributed by atoms with Crippen LogP contribution in [0.5, 0.6) is 0 Å². The maximum absolute atomic E-state index is 5.91. The minimum absolute atomic E-state index is 0.370. The van der Waals surface area contributed by atoms with E-state index in [9.17, 15) is 0 Å². The lowest BCUT2D eigenvalue weighted by Crippen LogP contribution is -2.38. The summed E-state index contributed by atoms with van der Waals surface area (Å²) in [6, 6.07) is 4.91. The van der Waals surface area contributed by atoms with Crippen LogP contribution in [0.1, 0.15) is 30.7 Å². The Balaban J connectivity index is 1.88. The molecule has 0 aromatic carbocycles. The van der Waals surface area contributed by atoms with Crippen molar-refractivity contribution < 1.29 is 4.74 Å². The first-order chi connectivity index (χ1) is 7.25. The van der Waals surface area contributed by atoms with E-state index in [0.717, 1.165) is 24.0 Å². The smallest absolute Gasteiger partial charge is 0.0931 e. The van der Waals surface area contributed by atoms with Gasteiger partial charge in [-0.1, -0.05) is 11.6 Å². The highest BCUT2D eigenvalue weighted by Gasteiger charge is 2.17. The average molecular weight is 246 g/mol. The highest BCUT2D eigenvalue weighted by atomic mass is 35.5. The molecule has 1 N–H and O–H groups in total. The van der Waals surface area contributed by atoms with Gasteiger partial charge in [-0.2, -0.15) is 0 Å². The third-order valence-corrected chi connectivity index (χ3v) is 4.08. The van der Waals surface area contributed by atoms with Crippen LogP contribution in [0.3, 0.4) is 0 Å². The Morgan fingerprint density at radius 2 is 2.47 bits per heavy atom. The summed E-state index contributed by atoms with van der Waals surface area (Å²) in [6.07, 6.45) is 2.37. The number of halogens is 1. The van der Waals surface area contributed by atoms with Crippen LogP contribution < -0.4 is 5.32 Å². The molecule has 0 spiro atoms. The second-order valence-corrected chi connectivity index (χ2v) is 5.69. The number of hydrogen-bond acceptors (Lipinski definition) is 3. The molecule has 1 aromatic rings. The van der Waals surface area contributed by atoms with Crippen molar-refractivity contribution in [2.45, 2.75) is 31.8 Å². The topological polar surface area (TPSA) is 21.3 Å². The summed E-state index contributed by atoms with van der Waals surface area (Å²) < 4.78 is 6.30. The molecule has 0 bridgehead atoms. The summed E-state index contributed by atoms with van der Waals surface area (Å²) in [4.78, 5) is 1.30. The zero-order chi connectivity index (χ0) is 10.7. The van der Waals surface area contributed by atoms with E-state index in [1.807, 2.05) is 6.07 Å². The van der Waals surface area contributed by atoms with Crippen molar-refractivity contribution >= 4 is 22.9 Å². The van der Waals surface area contributed by atoms with E-state index in [2.05, 4.69) is 18.3 Å². The van der Waals surface area contributed by atoms with Crippen LogP contribution in [0.15, 0.2) is 12.1 Å². The van der Waals surface area contributed by atoms with E-state index < -0.39 is 0 Å². The van der Waals surface area contributed by atoms with Gasteiger partial charge >= 0.3 is 0 Å². The fourth-order valence-electron chi connectivity index (χ4n) is 1.87. The third-order valence-electron chi connectivity index (χ3n) is 2.67. The van der Waals surface area contributed by atoms with Crippen LogP contribution in [0.4, 0.5) is 0 Å². The molecule has 15 heavy (non-hydrogen) atoms. The van der Waals surface area contributed by atoms with E-state index in [0.29, 0.717) is 12.1 Å². The highest BCUT2D eigenvalue weighted by Crippen LogP contribution is 2.27. The first-order valence-electron chi connectivity index (χ1n) is 5.35. The fraction of sp³-hybridized carbons (Fsp3) is 0.636. The molecule has 2 nitrogen and oxygen atoms in total. The van der Waals surface area contributed by atoms with Gasteiger partial charge in [-0.25, -0.2) is 0 Å². The van der Waals surface area contributed by atoms with E-state index in [1.165, 1.54) is 11.3 Å². The van der Waals surface area contributed by atoms with Gasteiger partial charge in [0.1, 0.15) is 0 Å². The number of rotatable bonds is 3. The van der Waals surface area contributed by atoms with E-state index >= 15 is 0 Å². The summed E-state index contributed by atoms with van der Waals surface area (Å²) in [6.45, 7) is 3.93. The Kier molecular flexibility index (Phi) is 4.03. The van der Waals surface area contributed by atoms with Crippen LogP contribution in [-0.2, 0) is 4.74 Å². The molecule has 2 atom stereocenters. The van der Waals surface area contributed by atoms with Crippen LogP contribution in [0.25, 0.3) is 0 Å². The molecule has 1 aromatic heterocycles. The van der Waals surface area contributed by atoms with Crippen LogP contribution in [-0.4, -0.2) is 19.3 Å². The molecule has 2 unspecified atom stereocenters. The lowest BCUT2D eigenvalue weighted by molar-refractivity contribution is 0.0672. The molecule has 4 heteroatoms. The lowest BCUT2D eigenvalue weighted by atomic mass is 10.1. The average Bonchev–Trinajstić information content (AvgIpc) is 2.66. The zero-order valence-electron chi connectivity index (χ0n) is 8.83. The molecule has 0 radical (unpaired) electrons. The summed E-state index contributed by atoms with van der Waals surface area (Å²) in [7, 11) is 0. The molecule has 0 saturated carbocycles. The Morgan fingerprint density at radius 1 is 1.60 bits per heavy atom. The molecular formula is C11H16ClNOS. The third kappa shape index (κ3) is 3.18. The number of hydrogen-bond donors (Lipinski definition) is 1. The summed E-state index contributed by atoms with van der Waals surface area (Å²) >= 11 is 7.56. The Hall–Kier alpha value is -0.0900. The SMILES string of the molecule is CC(NC1CCCOC1)c1ccc(Cl)s1. The van der Waals surface area contributed by atoms with Crippen molar-refractivity contribution in [3.8, 4) is 0 Å². The maximum atomic E-state index is 5.91. The minimum Gasteiger partial charge on any atom is -0.380 e. The molecule has 1 fully saturated rings. The first-order valence-corrected chi connectivity index (χ1v) is 6.54. The van der Waals surface area contributed by atoms with Crippen molar-refractivity contribution in [2.75, 3.05) is 13.2 Å². The van der Waals surface area contributed by atoms with Crippen LogP contribution >= 0.6 is 22.9 Å². The van der Waals surface area contributed by atoms with Gasteiger partial charge in [0.15, 0.2) is 0 Å². The predicted octanol–water partition coefficient (Wildman–Crippen LogP) is 3.23. The minimum atomic E-state index is 0.370. The van der Waals surface area contributed by atoms with E-state index in [1.54, 1.807) is 11.3 Å². The molecule has 1 aliphatic rings. The van der Waals surface area contributed by atoms with Crippen LogP contribution in [0.2, 0.25) is 4.34 Å². The van der Waals surface area contributed by atoms with Crippen molar-refractivity contribution in [3.05, 3.63) is 21.3 Å². The normalized spacial score (nSPS) is 24.0. The van der Waals surface area contributed by atoms with Gasteiger partial charge in [-0.15, -0.1) is 11.3 Å². The van der Waals surface area contributed by atoms with Crippen molar-refractivity contribution in [1.82, 2.24) is 5.32 Å². The van der Waals surface area contributed by atoms with Gasteiger partial charge in [-0.05, 0) is 31.9 Å². The molecular weight excluding hydrogens is 230 g/mol. The summed E-state index contributed by atoms with van der Waals surface area (Å²) in [5, 5.41) is 3.58. The second-order valence-electron chi connectivity index (χ2n) is 3.94. The van der Waals surface area contributed by atoms with Crippen LogP contribution in [0, 0.1) is 0 Å². The molecule has 0 amide bonds. The zero-order valence-corrected chi connectivity index (χ0v) is 10.4. The molecule has 1 aliphatic heterocycles. The standard InChI is InChI=1S/C11H16ClNOS/c1-8(10-4-5-11(12)15-10)13-9-3-2-6-14-7-9/h4-5,8-9,13H,2-3,6-7H2,1H3. The van der Waals surface area contributed by atoms with Gasteiger partial charge in [0.2, 0.25) is 0 Å². The molecule has 84 valence electrons. The Bertz CT molecular complexity index is 309. The second kappa shape index (κ2) is 5.30. The molecule has 2 rings (SSSR count). The summed E-state index contributed by atoms with van der Waals surface area (Å²) in [5.74, 6) is 0. The maximum Gasteiger partial charge on any atom is 0.0931 e. The predicted molar refractivity (Wildman–Crippen MR) is 64.7 cm³/mol. The van der Waals surface area contributed by atoms with Gasteiger partial charge < -0.3 is 10.1 Å². The van der Waals surface area contributed by atoms with Gasteiger partial charge in [0.25, 0.3) is 0 Å². The lowest BCUT2D eigenvalue weighted by Gasteiger charge is -2.26. The largest absolute Gasteiger partial charge is 0.380 e. The monoisotopic (exact) mass is 245 g/mol. The Labute approximate surface area is 99.6 Å². The van der Waals surface area contributed by atoms with Gasteiger partial charge in [0, 0.05) is 23.6 Å². The van der Waals surface area contributed by atoms with Gasteiger partial charge in [-0.3, -0.25) is 0 Å². The van der Waals surface area contributed by atoms with E-state index in [4.69, 9.17) is 16.3 Å². The molecule has 0 aliphatic carbocycles. The van der Waals surface area contributed by atoms with E-state index in [-0.39, 0.29) is 0 Å². The number of ether oxygens (including phenoxy) is 1. The first kappa shape index (κ1) is 11.4. The van der Waals surface area contributed by atoms with Gasteiger partial charge in [0.05, 0.1) is 10.9 Å². The van der Waals surface area contributed by atoms with Crippen molar-refractivity contribution in [2.24, 2.45) is 0 Å². The molecule has 2 heterocycles. The quantitative estimate of drug-likeness (QED) is 0.883.